The van der Waals surface area contributed by atoms with E-state index in [0.29, 0.717) is 22.2 Å². The highest BCUT2D eigenvalue weighted by Crippen LogP contribution is 2.33. The molecule has 29 heavy (non-hydrogen) atoms. The molecule has 3 rings (SSSR count). The maximum absolute atomic E-state index is 12.9. The van der Waals surface area contributed by atoms with Crippen molar-refractivity contribution in [3.8, 4) is 28.5 Å². The summed E-state index contributed by atoms with van der Waals surface area (Å²) in [5, 5.41) is 2.55. The number of rotatable bonds is 6. The van der Waals surface area contributed by atoms with Crippen LogP contribution in [0.1, 0.15) is 21.5 Å². The van der Waals surface area contributed by atoms with E-state index in [1.54, 1.807) is 46.6 Å². The molecule has 0 unspecified atom stereocenters. The molecule has 7 heteroatoms. The second-order valence-electron chi connectivity index (χ2n) is 6.57. The van der Waals surface area contributed by atoms with Crippen molar-refractivity contribution in [1.29, 1.82) is 0 Å². The molecule has 1 aromatic heterocycles. The number of anilines is 1. The van der Waals surface area contributed by atoms with Crippen molar-refractivity contribution < 1.29 is 19.0 Å². The maximum atomic E-state index is 12.9. The lowest BCUT2D eigenvalue weighted by atomic mass is 10.0. The van der Waals surface area contributed by atoms with Gasteiger partial charge in [-0.25, -0.2) is 4.98 Å². The zero-order valence-corrected chi connectivity index (χ0v) is 18.2. The number of aromatic nitrogens is 1. The molecular weight excluding hydrogens is 388 g/mol. The highest BCUT2D eigenvalue weighted by Gasteiger charge is 2.19. The van der Waals surface area contributed by atoms with Crippen molar-refractivity contribution in [2.45, 2.75) is 13.8 Å². The van der Waals surface area contributed by atoms with Gasteiger partial charge in [0.05, 0.1) is 27.0 Å². The molecule has 0 atom stereocenters. The monoisotopic (exact) mass is 412 g/mol. The van der Waals surface area contributed by atoms with E-state index >= 15 is 0 Å². The predicted molar refractivity (Wildman–Crippen MR) is 116 cm³/mol. The van der Waals surface area contributed by atoms with E-state index in [4.69, 9.17) is 14.2 Å². The van der Waals surface area contributed by atoms with Crippen molar-refractivity contribution in [2.24, 2.45) is 0 Å². The molecule has 0 spiro atoms. The first kappa shape index (κ1) is 20.7. The minimum atomic E-state index is -0.176. The van der Waals surface area contributed by atoms with Gasteiger partial charge in [0.1, 0.15) is 5.75 Å². The van der Waals surface area contributed by atoms with E-state index in [9.17, 15) is 4.79 Å². The molecule has 0 N–H and O–H groups in total. The van der Waals surface area contributed by atoms with Gasteiger partial charge in [0.25, 0.3) is 5.91 Å². The van der Waals surface area contributed by atoms with Gasteiger partial charge in [-0.1, -0.05) is 0 Å². The van der Waals surface area contributed by atoms with Crippen LogP contribution in [-0.2, 0) is 0 Å². The van der Waals surface area contributed by atoms with E-state index in [1.165, 1.54) is 16.2 Å². The Bertz CT molecular complexity index is 1050. The standard InChI is InChI=1S/C22H24N2O4S/c1-13-9-16(11-19(27-5)14(13)2)17-12-29-22(23-17)24(3)21(25)15-7-8-18(26-4)20(10-15)28-6/h7-12H,1-6H3. The van der Waals surface area contributed by atoms with Crippen LogP contribution in [0.5, 0.6) is 17.2 Å². The number of amides is 1. The number of aryl methyl sites for hydroxylation is 1. The van der Waals surface area contributed by atoms with Crippen LogP contribution in [-0.4, -0.2) is 39.3 Å². The van der Waals surface area contributed by atoms with Crippen LogP contribution < -0.4 is 19.1 Å². The zero-order valence-electron chi connectivity index (χ0n) is 17.4. The van der Waals surface area contributed by atoms with Crippen LogP contribution in [0, 0.1) is 13.8 Å². The topological polar surface area (TPSA) is 60.9 Å². The van der Waals surface area contributed by atoms with Gasteiger partial charge in [0.15, 0.2) is 16.6 Å². The quantitative estimate of drug-likeness (QED) is 0.586. The van der Waals surface area contributed by atoms with Gasteiger partial charge in [0, 0.05) is 23.6 Å². The summed E-state index contributed by atoms with van der Waals surface area (Å²) in [5.41, 5.74) is 4.49. The van der Waals surface area contributed by atoms with Gasteiger partial charge in [-0.2, -0.15) is 0 Å². The number of carbonyl (C=O) groups is 1. The predicted octanol–water partition coefficient (Wildman–Crippen LogP) is 4.73. The molecule has 0 aliphatic carbocycles. The molecule has 1 amide bonds. The van der Waals surface area contributed by atoms with E-state index in [0.717, 1.165) is 28.1 Å². The van der Waals surface area contributed by atoms with Gasteiger partial charge in [-0.05, 0) is 55.3 Å². The van der Waals surface area contributed by atoms with Crippen LogP contribution in [0.2, 0.25) is 0 Å². The van der Waals surface area contributed by atoms with E-state index in [2.05, 4.69) is 11.1 Å². The first-order valence-corrected chi connectivity index (χ1v) is 9.88. The Hall–Kier alpha value is -3.06. The average Bonchev–Trinajstić information content (AvgIpc) is 3.24. The fraction of sp³-hybridized carbons (Fsp3) is 0.273. The molecule has 0 radical (unpaired) electrons. The van der Waals surface area contributed by atoms with Crippen LogP contribution in [0.15, 0.2) is 35.7 Å². The Kier molecular flexibility index (Phi) is 6.08. The molecule has 0 fully saturated rings. The van der Waals surface area contributed by atoms with Crippen LogP contribution >= 0.6 is 11.3 Å². The minimum absolute atomic E-state index is 0.176. The first-order chi connectivity index (χ1) is 13.9. The smallest absolute Gasteiger partial charge is 0.259 e. The number of methoxy groups -OCH3 is 3. The van der Waals surface area contributed by atoms with Crippen LogP contribution in [0.4, 0.5) is 5.13 Å². The second kappa shape index (κ2) is 8.53. The van der Waals surface area contributed by atoms with Crippen molar-refractivity contribution in [3.05, 3.63) is 52.4 Å². The fourth-order valence-electron chi connectivity index (χ4n) is 2.99. The van der Waals surface area contributed by atoms with Gasteiger partial charge in [-0.15, -0.1) is 11.3 Å². The molecule has 0 bridgehead atoms. The van der Waals surface area contributed by atoms with E-state index in [-0.39, 0.29) is 5.91 Å². The summed E-state index contributed by atoms with van der Waals surface area (Å²) in [6.45, 7) is 4.07. The maximum Gasteiger partial charge on any atom is 0.259 e. The van der Waals surface area contributed by atoms with Crippen molar-refractivity contribution in [1.82, 2.24) is 4.98 Å². The van der Waals surface area contributed by atoms with Gasteiger partial charge < -0.3 is 14.2 Å². The van der Waals surface area contributed by atoms with Gasteiger partial charge in [0.2, 0.25) is 0 Å². The van der Waals surface area contributed by atoms with Gasteiger partial charge >= 0.3 is 0 Å². The highest BCUT2D eigenvalue weighted by molar-refractivity contribution is 7.14. The lowest BCUT2D eigenvalue weighted by molar-refractivity contribution is 0.0992. The van der Waals surface area contributed by atoms with Crippen LogP contribution in [0.3, 0.4) is 0 Å². The molecular formula is C22H24N2O4S. The first-order valence-electron chi connectivity index (χ1n) is 9.00. The molecule has 152 valence electrons. The number of hydrogen-bond acceptors (Lipinski definition) is 6. The Morgan fingerprint density at radius 1 is 0.966 bits per heavy atom. The summed E-state index contributed by atoms with van der Waals surface area (Å²) >= 11 is 1.41. The number of carbonyl (C=O) groups excluding carboxylic acids is 1. The largest absolute Gasteiger partial charge is 0.496 e. The Balaban J connectivity index is 1.89. The molecule has 1 heterocycles. The number of thiazole rings is 1. The molecule has 3 aromatic rings. The summed E-state index contributed by atoms with van der Waals surface area (Å²) < 4.78 is 16.0. The van der Waals surface area contributed by atoms with Crippen molar-refractivity contribution >= 4 is 22.4 Å². The summed E-state index contributed by atoms with van der Waals surface area (Å²) in [6.07, 6.45) is 0. The molecule has 0 saturated carbocycles. The summed E-state index contributed by atoms with van der Waals surface area (Å²) in [5.74, 6) is 1.73. The Labute approximate surface area is 174 Å². The highest BCUT2D eigenvalue weighted by atomic mass is 32.1. The Morgan fingerprint density at radius 2 is 1.66 bits per heavy atom. The number of nitrogens with zero attached hydrogens (tertiary/aromatic N) is 2. The zero-order chi connectivity index (χ0) is 21.1. The Morgan fingerprint density at radius 3 is 2.31 bits per heavy atom. The summed E-state index contributed by atoms with van der Waals surface area (Å²) in [6, 6.07) is 9.14. The van der Waals surface area contributed by atoms with Crippen molar-refractivity contribution in [3.63, 3.8) is 0 Å². The molecule has 0 saturated heterocycles. The van der Waals surface area contributed by atoms with Crippen LogP contribution in [0.25, 0.3) is 11.3 Å². The molecule has 2 aromatic carbocycles. The fourth-order valence-corrected chi connectivity index (χ4v) is 3.79. The third-order valence-corrected chi connectivity index (χ3v) is 5.77. The SMILES string of the molecule is COc1ccc(C(=O)N(C)c2nc(-c3cc(C)c(C)c(OC)c3)cs2)cc1OC. The molecule has 6 nitrogen and oxygen atoms in total. The molecule has 0 aliphatic heterocycles. The minimum Gasteiger partial charge on any atom is -0.496 e. The third kappa shape index (κ3) is 4.05. The number of benzene rings is 2. The lowest BCUT2D eigenvalue weighted by Crippen LogP contribution is -2.26. The average molecular weight is 413 g/mol. The summed E-state index contributed by atoms with van der Waals surface area (Å²) in [7, 11) is 6.47. The second-order valence-corrected chi connectivity index (χ2v) is 7.41. The number of ether oxygens (including phenoxy) is 3. The van der Waals surface area contributed by atoms with E-state index < -0.39 is 0 Å². The third-order valence-electron chi connectivity index (χ3n) is 4.85. The lowest BCUT2D eigenvalue weighted by Gasteiger charge is -2.15. The van der Waals surface area contributed by atoms with Crippen molar-refractivity contribution in [2.75, 3.05) is 33.3 Å². The van der Waals surface area contributed by atoms with Gasteiger partial charge in [-0.3, -0.25) is 9.69 Å². The number of hydrogen-bond donors (Lipinski definition) is 0. The molecule has 0 aliphatic rings. The normalized spacial score (nSPS) is 10.6. The van der Waals surface area contributed by atoms with E-state index in [1.807, 2.05) is 25.3 Å². The summed E-state index contributed by atoms with van der Waals surface area (Å²) in [4.78, 5) is 19.1.